The quantitative estimate of drug-likeness (QED) is 0.621. The summed E-state index contributed by atoms with van der Waals surface area (Å²) in [6.07, 6.45) is 0.300. The first-order chi connectivity index (χ1) is 16.1. The smallest absolute Gasteiger partial charge is 0.410 e. The van der Waals surface area contributed by atoms with Crippen LogP contribution in [0.1, 0.15) is 61.2 Å². The number of fused-ring (bicyclic) bond motifs is 1. The summed E-state index contributed by atoms with van der Waals surface area (Å²) >= 11 is 0. The fraction of sp³-hybridized carbons (Fsp3) is 0.423. The Labute approximate surface area is 197 Å². The summed E-state index contributed by atoms with van der Waals surface area (Å²) in [6, 6.07) is 6.18. The van der Waals surface area contributed by atoms with Gasteiger partial charge in [-0.3, -0.25) is 0 Å². The lowest BCUT2D eigenvalue weighted by Crippen LogP contribution is -2.39. The highest BCUT2D eigenvalue weighted by Crippen LogP contribution is 2.38. The topological polar surface area (TPSA) is 50.8 Å². The van der Waals surface area contributed by atoms with Crippen LogP contribution in [0.5, 0.6) is 5.75 Å². The lowest BCUT2D eigenvalue weighted by atomic mass is 9.89. The number of methoxy groups -OCH3 is 1. The summed E-state index contributed by atoms with van der Waals surface area (Å²) in [5.74, 6) is -2.72. The van der Waals surface area contributed by atoms with Crippen molar-refractivity contribution in [3.63, 3.8) is 0 Å². The van der Waals surface area contributed by atoms with Crippen molar-refractivity contribution in [3.8, 4) is 5.75 Å². The summed E-state index contributed by atoms with van der Waals surface area (Å²) in [4.78, 5) is 14.0. The van der Waals surface area contributed by atoms with Crippen LogP contribution < -0.4 is 10.1 Å². The molecule has 1 atom stereocenters. The third-order valence-corrected chi connectivity index (χ3v) is 6.07. The molecule has 0 fully saturated rings. The molecule has 34 heavy (non-hydrogen) atoms. The SMILES string of the molecule is COc1ccc(C(F)c2cc(C3=CCN(C(=O)OC(C)(C)C)CC3)cc3c2CNC3)c(F)c1F. The molecule has 8 heteroatoms. The molecule has 1 amide bonds. The van der Waals surface area contributed by atoms with E-state index in [9.17, 15) is 13.6 Å². The summed E-state index contributed by atoms with van der Waals surface area (Å²) < 4.78 is 54.9. The second-order valence-electron chi connectivity index (χ2n) is 9.56. The maximum atomic E-state index is 15.7. The van der Waals surface area contributed by atoms with E-state index in [1.165, 1.54) is 19.2 Å². The van der Waals surface area contributed by atoms with E-state index >= 15 is 4.39 Å². The van der Waals surface area contributed by atoms with Crippen LogP contribution in [0.4, 0.5) is 18.0 Å². The maximum absolute atomic E-state index is 15.7. The fourth-order valence-corrected chi connectivity index (χ4v) is 4.35. The van der Waals surface area contributed by atoms with E-state index in [-0.39, 0.29) is 17.4 Å². The van der Waals surface area contributed by atoms with E-state index in [1.807, 2.05) is 32.9 Å². The van der Waals surface area contributed by atoms with Gasteiger partial charge in [-0.1, -0.05) is 6.08 Å². The van der Waals surface area contributed by atoms with Gasteiger partial charge in [-0.15, -0.1) is 0 Å². The second-order valence-corrected chi connectivity index (χ2v) is 9.56. The number of hydrogen-bond donors (Lipinski definition) is 1. The van der Waals surface area contributed by atoms with Crippen LogP contribution in [0.15, 0.2) is 30.3 Å². The number of carbonyl (C=O) groups is 1. The number of nitrogens with one attached hydrogen (secondary N) is 1. The highest BCUT2D eigenvalue weighted by Gasteiger charge is 2.29. The molecule has 2 heterocycles. The van der Waals surface area contributed by atoms with Gasteiger partial charge in [0.2, 0.25) is 5.82 Å². The minimum absolute atomic E-state index is 0.268. The highest BCUT2D eigenvalue weighted by molar-refractivity contribution is 5.73. The molecule has 0 aliphatic carbocycles. The molecule has 0 saturated heterocycles. The van der Waals surface area contributed by atoms with Gasteiger partial charge in [-0.2, -0.15) is 4.39 Å². The van der Waals surface area contributed by atoms with Crippen molar-refractivity contribution in [2.45, 2.75) is 52.1 Å². The van der Waals surface area contributed by atoms with Gasteiger partial charge >= 0.3 is 6.09 Å². The standard InChI is InChI=1S/C26H29F3N2O3/c1-26(2,3)34-25(32)31-9-7-15(8-10-31)16-11-17-13-30-14-20(17)19(12-16)22(27)18-5-6-21(33-4)24(29)23(18)28/h5-7,11-12,22,30H,8-10,13-14H2,1-4H3. The van der Waals surface area contributed by atoms with Crippen LogP contribution in [0.3, 0.4) is 0 Å². The molecule has 2 aromatic carbocycles. The number of halogens is 3. The van der Waals surface area contributed by atoms with Gasteiger partial charge in [0.15, 0.2) is 17.7 Å². The molecule has 182 valence electrons. The minimum Gasteiger partial charge on any atom is -0.494 e. The molecule has 2 aromatic rings. The molecule has 0 saturated carbocycles. The lowest BCUT2D eigenvalue weighted by molar-refractivity contribution is 0.0270. The van der Waals surface area contributed by atoms with Gasteiger partial charge in [0.1, 0.15) is 5.60 Å². The van der Waals surface area contributed by atoms with Gasteiger partial charge in [-0.25, -0.2) is 13.6 Å². The largest absolute Gasteiger partial charge is 0.494 e. The molecule has 4 rings (SSSR count). The first-order valence-corrected chi connectivity index (χ1v) is 11.3. The molecule has 2 aliphatic heterocycles. The zero-order valence-electron chi connectivity index (χ0n) is 19.8. The molecule has 5 nitrogen and oxygen atoms in total. The number of ether oxygens (including phenoxy) is 2. The Morgan fingerprint density at radius 1 is 1.12 bits per heavy atom. The van der Waals surface area contributed by atoms with E-state index in [0.29, 0.717) is 38.2 Å². The Kier molecular flexibility index (Phi) is 6.62. The van der Waals surface area contributed by atoms with Gasteiger partial charge in [0, 0.05) is 31.7 Å². The number of amides is 1. The van der Waals surface area contributed by atoms with E-state index in [1.54, 1.807) is 11.0 Å². The summed E-state index contributed by atoms with van der Waals surface area (Å²) in [5.41, 5.74) is 2.87. The van der Waals surface area contributed by atoms with Crippen LogP contribution >= 0.6 is 0 Å². The van der Waals surface area contributed by atoms with Crippen molar-refractivity contribution in [3.05, 3.63) is 69.8 Å². The van der Waals surface area contributed by atoms with Gasteiger partial charge in [0.25, 0.3) is 0 Å². The average molecular weight is 475 g/mol. The molecule has 1 unspecified atom stereocenters. The third kappa shape index (κ3) is 4.78. The maximum Gasteiger partial charge on any atom is 0.410 e. The second kappa shape index (κ2) is 9.33. The molecular weight excluding hydrogens is 445 g/mol. The van der Waals surface area contributed by atoms with Crippen molar-refractivity contribution in [1.82, 2.24) is 10.2 Å². The van der Waals surface area contributed by atoms with Crippen LogP contribution in [-0.2, 0) is 17.8 Å². The van der Waals surface area contributed by atoms with Crippen LogP contribution in [0, 0.1) is 11.6 Å². The zero-order chi connectivity index (χ0) is 24.6. The predicted octanol–water partition coefficient (Wildman–Crippen LogP) is 5.66. The van der Waals surface area contributed by atoms with Crippen molar-refractivity contribution >= 4 is 11.7 Å². The Balaban J connectivity index is 1.64. The van der Waals surface area contributed by atoms with Gasteiger partial charge in [-0.05, 0) is 79.3 Å². The predicted molar refractivity (Wildman–Crippen MR) is 123 cm³/mol. The Hall–Kier alpha value is -3.00. The Morgan fingerprint density at radius 3 is 2.53 bits per heavy atom. The number of alkyl halides is 1. The average Bonchev–Trinajstić information content (AvgIpc) is 3.27. The van der Waals surface area contributed by atoms with Crippen LogP contribution in [0.2, 0.25) is 0 Å². The number of rotatable bonds is 4. The first-order valence-electron chi connectivity index (χ1n) is 11.3. The number of carbonyl (C=O) groups excluding carboxylic acids is 1. The molecule has 0 radical (unpaired) electrons. The Bertz CT molecular complexity index is 1140. The van der Waals surface area contributed by atoms with Gasteiger partial charge < -0.3 is 19.7 Å². The van der Waals surface area contributed by atoms with E-state index < -0.39 is 23.4 Å². The fourth-order valence-electron chi connectivity index (χ4n) is 4.35. The molecule has 0 spiro atoms. The molecule has 0 bridgehead atoms. The molecule has 0 aromatic heterocycles. The van der Waals surface area contributed by atoms with E-state index in [0.717, 1.165) is 22.3 Å². The first kappa shape index (κ1) is 24.1. The van der Waals surface area contributed by atoms with Gasteiger partial charge in [0.05, 0.1) is 7.11 Å². The summed E-state index contributed by atoms with van der Waals surface area (Å²) in [5, 5.41) is 3.21. The summed E-state index contributed by atoms with van der Waals surface area (Å²) in [6.45, 7) is 7.34. The number of benzene rings is 2. The Morgan fingerprint density at radius 2 is 1.88 bits per heavy atom. The highest BCUT2D eigenvalue weighted by atomic mass is 19.2. The molecular formula is C26H29F3N2O3. The lowest BCUT2D eigenvalue weighted by Gasteiger charge is -2.30. The van der Waals surface area contributed by atoms with Crippen molar-refractivity contribution in [2.24, 2.45) is 0 Å². The zero-order valence-corrected chi connectivity index (χ0v) is 19.8. The van der Waals surface area contributed by atoms with E-state index in [2.05, 4.69) is 5.32 Å². The monoisotopic (exact) mass is 474 g/mol. The molecule has 1 N–H and O–H groups in total. The number of nitrogens with zero attached hydrogens (tertiary/aromatic N) is 1. The van der Waals surface area contributed by atoms with E-state index in [4.69, 9.17) is 9.47 Å². The number of hydrogen-bond acceptors (Lipinski definition) is 4. The van der Waals surface area contributed by atoms with Crippen molar-refractivity contribution in [2.75, 3.05) is 20.2 Å². The third-order valence-electron chi connectivity index (χ3n) is 6.07. The normalized spacial score (nSPS) is 16.7. The van der Waals surface area contributed by atoms with Crippen LogP contribution in [0.25, 0.3) is 5.57 Å². The summed E-state index contributed by atoms with van der Waals surface area (Å²) in [7, 11) is 1.23. The molecule has 2 aliphatic rings. The van der Waals surface area contributed by atoms with Crippen molar-refractivity contribution in [1.29, 1.82) is 0 Å². The van der Waals surface area contributed by atoms with Crippen molar-refractivity contribution < 1.29 is 27.4 Å². The van der Waals surface area contributed by atoms with Crippen LogP contribution in [-0.4, -0.2) is 36.8 Å². The minimum atomic E-state index is -1.84.